The van der Waals surface area contributed by atoms with E-state index in [9.17, 15) is 29.4 Å². The average molecular weight is 918 g/mol. The number of Topliss-reactive ketones (excluding diaryl/α,β-unsaturated/α-hetero) is 2. The fraction of sp³-hybridized carbons (Fsp3) is 0.800. The van der Waals surface area contributed by atoms with E-state index < -0.39 is 92.2 Å². The molecule has 1 aliphatic carbocycles. The van der Waals surface area contributed by atoms with E-state index in [0.29, 0.717) is 51.4 Å². The molecule has 13 unspecified atom stereocenters. The summed E-state index contributed by atoms with van der Waals surface area (Å²) in [4.78, 5) is 59.7. The van der Waals surface area contributed by atoms with Gasteiger partial charge in [-0.1, -0.05) is 65.3 Å². The van der Waals surface area contributed by atoms with Crippen molar-refractivity contribution in [2.45, 2.75) is 199 Å². The first-order valence-corrected chi connectivity index (χ1v) is 26.7. The van der Waals surface area contributed by atoms with E-state index in [-0.39, 0.29) is 54.6 Å². The Morgan fingerprint density at radius 3 is 2.19 bits per heavy atom. The number of hydrogen-bond acceptors (Lipinski definition) is 12. The quantitative estimate of drug-likeness (QED) is 0.100. The third-order valence-electron chi connectivity index (χ3n) is 15.1. The van der Waals surface area contributed by atoms with Gasteiger partial charge in [-0.05, 0) is 114 Å². The lowest BCUT2D eigenvalue weighted by molar-refractivity contribution is -0.302. The van der Waals surface area contributed by atoms with Gasteiger partial charge in [0.1, 0.15) is 24.0 Å². The van der Waals surface area contributed by atoms with E-state index in [2.05, 4.69) is 53.4 Å². The van der Waals surface area contributed by atoms with Crippen LogP contribution in [0.15, 0.2) is 36.0 Å². The zero-order chi connectivity index (χ0) is 47.9. The summed E-state index contributed by atoms with van der Waals surface area (Å²) in [5.41, 5.74) is 1.77. The number of rotatable bonds is 9. The van der Waals surface area contributed by atoms with Gasteiger partial charge in [0.15, 0.2) is 8.32 Å². The van der Waals surface area contributed by atoms with Crippen LogP contribution in [-0.4, -0.2) is 129 Å². The standard InChI is InChI=1S/C50H83NO12Si/c1-15-18-36-24-30(2)23-31(3)25-42(59-11)45-43(60-12)27-33(5)50(57,62-45)46(54)47(55)51-22-17-16-19-37(51)48(56)61-44(32(4)26-35-20-21-38(52)41(28-35)58-10)34(6)40(29-39(36)53)63-64(13,14)49(7,8)9/h15,24,26,31,33-38,40-45,52,57H,1,16-23,25,27-29H2,2-14H3/t31?,33?,34?,35?,36?,37?,38-,40?,41?,42?,43?,44?,45?,50?/m0/s1. The number of ketones is 2. The van der Waals surface area contributed by atoms with Crippen LogP contribution in [-0.2, 0) is 47.3 Å². The molecule has 4 rings (SSSR count). The summed E-state index contributed by atoms with van der Waals surface area (Å²) in [6.45, 7) is 24.5. The summed E-state index contributed by atoms with van der Waals surface area (Å²) in [5.74, 6) is -7.14. The Kier molecular flexibility index (Phi) is 19.4. The Hall–Kier alpha value is -2.56. The van der Waals surface area contributed by atoms with Crippen molar-refractivity contribution in [2.75, 3.05) is 27.9 Å². The van der Waals surface area contributed by atoms with Gasteiger partial charge in [0.25, 0.3) is 11.7 Å². The van der Waals surface area contributed by atoms with Crippen molar-refractivity contribution in [1.82, 2.24) is 4.90 Å². The zero-order valence-electron chi connectivity index (χ0n) is 41.4. The van der Waals surface area contributed by atoms with Gasteiger partial charge in [-0.3, -0.25) is 14.4 Å². The van der Waals surface area contributed by atoms with Crippen molar-refractivity contribution in [3.05, 3.63) is 36.0 Å². The molecular formula is C50H83NO12Si. The number of aliphatic hydroxyl groups is 2. The second-order valence-corrected chi connectivity index (χ2v) is 25.9. The van der Waals surface area contributed by atoms with Crippen molar-refractivity contribution >= 4 is 31.8 Å². The molecule has 2 bridgehead atoms. The Bertz CT molecular complexity index is 1690. The monoisotopic (exact) mass is 918 g/mol. The lowest BCUT2D eigenvalue weighted by atomic mass is 9.81. The van der Waals surface area contributed by atoms with Gasteiger partial charge in [-0.2, -0.15) is 0 Å². The highest BCUT2D eigenvalue weighted by Gasteiger charge is 2.57. The lowest BCUT2D eigenvalue weighted by Gasteiger charge is -2.47. The first kappa shape index (κ1) is 54.0. The molecular weight excluding hydrogens is 835 g/mol. The number of allylic oxidation sites excluding steroid dienone is 4. The van der Waals surface area contributed by atoms with Crippen LogP contribution in [0.2, 0.25) is 18.1 Å². The van der Waals surface area contributed by atoms with Crippen LogP contribution >= 0.6 is 0 Å². The number of methoxy groups -OCH3 is 3. The molecule has 3 fully saturated rings. The normalized spacial score (nSPS) is 37.5. The first-order chi connectivity index (χ1) is 29.9. The number of aliphatic hydroxyl groups excluding tert-OH is 1. The first-order valence-electron chi connectivity index (χ1n) is 23.8. The molecule has 64 heavy (non-hydrogen) atoms. The highest BCUT2D eigenvalue weighted by atomic mass is 28.4. The number of ether oxygens (including phenoxy) is 5. The maximum atomic E-state index is 14.8. The molecule has 13 nitrogen and oxygen atoms in total. The molecule has 0 aromatic carbocycles. The van der Waals surface area contributed by atoms with Crippen molar-refractivity contribution in [1.29, 1.82) is 0 Å². The molecule has 364 valence electrons. The number of amides is 1. The fourth-order valence-corrected chi connectivity index (χ4v) is 11.5. The van der Waals surface area contributed by atoms with Gasteiger partial charge >= 0.3 is 5.97 Å². The molecule has 3 heterocycles. The lowest BCUT2D eigenvalue weighted by Crippen LogP contribution is -2.64. The number of carbonyl (C=O) groups is 4. The van der Waals surface area contributed by atoms with Crippen LogP contribution in [0.3, 0.4) is 0 Å². The summed E-state index contributed by atoms with van der Waals surface area (Å²) in [5, 5.41) is 22.6. The van der Waals surface area contributed by atoms with Crippen LogP contribution < -0.4 is 0 Å². The predicted octanol–water partition coefficient (Wildman–Crippen LogP) is 7.67. The maximum Gasteiger partial charge on any atom is 0.329 e. The van der Waals surface area contributed by atoms with Gasteiger partial charge in [-0.15, -0.1) is 6.58 Å². The topological polar surface area (TPSA) is 167 Å². The van der Waals surface area contributed by atoms with Gasteiger partial charge < -0.3 is 43.2 Å². The summed E-state index contributed by atoms with van der Waals surface area (Å²) < 4.78 is 37.6. The Balaban J connectivity index is 1.90. The Labute approximate surface area is 385 Å². The van der Waals surface area contributed by atoms with E-state index in [4.69, 9.17) is 28.1 Å². The molecule has 3 aliphatic heterocycles. The Morgan fingerprint density at radius 2 is 1.58 bits per heavy atom. The summed E-state index contributed by atoms with van der Waals surface area (Å²) in [6.07, 6.45) is 6.43. The van der Waals surface area contributed by atoms with Gasteiger partial charge in [0.05, 0.1) is 30.5 Å². The van der Waals surface area contributed by atoms with Gasteiger partial charge in [-0.25, -0.2) is 4.79 Å². The number of nitrogens with zero attached hydrogens (tertiary/aromatic N) is 1. The van der Waals surface area contributed by atoms with Crippen molar-refractivity contribution in [3.63, 3.8) is 0 Å². The van der Waals surface area contributed by atoms with E-state index in [1.54, 1.807) is 34.3 Å². The van der Waals surface area contributed by atoms with E-state index in [1.165, 1.54) is 4.90 Å². The number of piperidine rings is 1. The molecule has 2 saturated heterocycles. The summed E-state index contributed by atoms with van der Waals surface area (Å²) >= 11 is 0. The third kappa shape index (κ3) is 12.9. The molecule has 0 aromatic rings. The van der Waals surface area contributed by atoms with Crippen molar-refractivity contribution in [2.24, 2.45) is 29.6 Å². The van der Waals surface area contributed by atoms with E-state index >= 15 is 0 Å². The molecule has 0 radical (unpaired) electrons. The highest BCUT2D eigenvalue weighted by Crippen LogP contribution is 2.42. The van der Waals surface area contributed by atoms with Crippen LogP contribution in [0.25, 0.3) is 0 Å². The average Bonchev–Trinajstić information content (AvgIpc) is 3.23. The minimum Gasteiger partial charge on any atom is -0.456 e. The molecule has 0 spiro atoms. The van der Waals surface area contributed by atoms with Crippen LogP contribution in [0.5, 0.6) is 0 Å². The minimum absolute atomic E-state index is 0.00597. The maximum absolute atomic E-state index is 14.8. The number of hydrogen-bond donors (Lipinski definition) is 2. The molecule has 1 saturated carbocycles. The number of fused-ring (bicyclic) bond motifs is 3. The highest BCUT2D eigenvalue weighted by molar-refractivity contribution is 6.74. The van der Waals surface area contributed by atoms with E-state index in [1.807, 2.05) is 26.8 Å². The van der Waals surface area contributed by atoms with Crippen molar-refractivity contribution in [3.8, 4) is 0 Å². The van der Waals surface area contributed by atoms with E-state index in [0.717, 1.165) is 11.1 Å². The molecule has 4 aliphatic rings. The second kappa shape index (κ2) is 23.0. The third-order valence-corrected chi connectivity index (χ3v) is 19.6. The molecule has 14 heteroatoms. The fourth-order valence-electron chi connectivity index (χ4n) is 10.1. The van der Waals surface area contributed by atoms with Crippen molar-refractivity contribution < 1.29 is 57.5 Å². The zero-order valence-corrected chi connectivity index (χ0v) is 42.4. The number of esters is 1. The minimum atomic E-state index is -2.55. The second-order valence-electron chi connectivity index (χ2n) is 21.1. The van der Waals surface area contributed by atoms with Gasteiger partial charge in [0, 0.05) is 52.0 Å². The molecule has 0 aromatic heterocycles. The number of carbonyl (C=O) groups excluding carboxylic acids is 4. The predicted molar refractivity (Wildman–Crippen MR) is 249 cm³/mol. The SMILES string of the molecule is C=CCC1C=C(C)CC(C)CC(OC)C2OC(O)(C(=O)C(=O)N3CCCCC3C(=O)OC(C(C)=CC3CC[C@H](O)C(OC)C3)C(C)C(O[Si](C)(C)C(C)(C)C)CC1=O)C(C)CC2OC. The van der Waals surface area contributed by atoms with Crippen LogP contribution in [0.1, 0.15) is 126 Å². The summed E-state index contributed by atoms with van der Waals surface area (Å²) in [7, 11) is 2.14. The molecule has 2 N–H and O–H groups in total. The number of cyclic esters (lactones) is 1. The summed E-state index contributed by atoms with van der Waals surface area (Å²) in [6, 6.07) is -1.12. The Morgan fingerprint density at radius 1 is 0.938 bits per heavy atom. The largest absolute Gasteiger partial charge is 0.456 e. The van der Waals surface area contributed by atoms with Crippen LogP contribution in [0.4, 0.5) is 0 Å². The van der Waals surface area contributed by atoms with Gasteiger partial charge in [0.2, 0.25) is 5.79 Å². The molecule has 14 atom stereocenters. The smallest absolute Gasteiger partial charge is 0.329 e. The van der Waals surface area contributed by atoms with Crippen LogP contribution in [0, 0.1) is 29.6 Å². The molecule has 1 amide bonds.